The third-order valence-corrected chi connectivity index (χ3v) is 12.7. The zero-order valence-corrected chi connectivity index (χ0v) is 33.6. The van der Waals surface area contributed by atoms with Crippen molar-refractivity contribution in [3.63, 3.8) is 0 Å². The Morgan fingerprint density at radius 3 is 2.42 bits per heavy atom. The number of carbonyl (C=O) groups excluding carboxylic acids is 2. The number of methoxy groups -OCH3 is 1. The second-order valence-corrected chi connectivity index (χ2v) is 16.8. The molecule has 12 nitrogen and oxygen atoms in total. The maximum absolute atomic E-state index is 13.4. The van der Waals surface area contributed by atoms with Crippen LogP contribution in [-0.2, 0) is 9.59 Å². The number of pyridine rings is 1. The Labute approximate surface area is 335 Å². The Morgan fingerprint density at radius 2 is 1.67 bits per heavy atom. The maximum atomic E-state index is 13.4. The van der Waals surface area contributed by atoms with E-state index >= 15 is 0 Å². The molecule has 4 fully saturated rings. The molecular weight excluding hydrogens is 717 g/mol. The molecule has 1 unspecified atom stereocenters. The van der Waals surface area contributed by atoms with Crippen molar-refractivity contribution in [2.75, 3.05) is 61.9 Å². The molecule has 1 aliphatic heterocycles. The number of nitrogens with zero attached hydrogens (tertiary/aromatic N) is 5. The molecule has 3 atom stereocenters. The Balaban J connectivity index is 0.805. The molecule has 2 aromatic carbocycles. The van der Waals surface area contributed by atoms with Gasteiger partial charge in [0.2, 0.25) is 17.8 Å². The predicted octanol–water partition coefficient (Wildman–Crippen LogP) is 7.20. The van der Waals surface area contributed by atoms with E-state index in [9.17, 15) is 14.4 Å². The summed E-state index contributed by atoms with van der Waals surface area (Å²) >= 11 is 0. The second kappa shape index (κ2) is 17.7. The highest BCUT2D eigenvalue weighted by Crippen LogP contribution is 2.48. The summed E-state index contributed by atoms with van der Waals surface area (Å²) in [5.41, 5.74) is 4.14. The van der Waals surface area contributed by atoms with Crippen molar-refractivity contribution in [3.8, 4) is 11.4 Å². The Kier molecular flexibility index (Phi) is 12.1. The Morgan fingerprint density at radius 1 is 0.860 bits per heavy atom. The lowest BCUT2D eigenvalue weighted by Crippen LogP contribution is -2.46. The van der Waals surface area contributed by atoms with E-state index in [1.165, 1.54) is 51.4 Å². The van der Waals surface area contributed by atoms with E-state index in [4.69, 9.17) is 9.72 Å². The first-order valence-electron chi connectivity index (χ1n) is 21.3. The molecule has 3 heterocycles. The van der Waals surface area contributed by atoms with Crippen molar-refractivity contribution in [3.05, 3.63) is 70.6 Å². The first kappa shape index (κ1) is 38.9. The van der Waals surface area contributed by atoms with Crippen LogP contribution in [-0.4, -0.2) is 77.6 Å². The predicted molar refractivity (Wildman–Crippen MR) is 226 cm³/mol. The Bertz CT molecular complexity index is 2120. The third-order valence-electron chi connectivity index (χ3n) is 12.7. The molecule has 3 N–H and O–H groups in total. The van der Waals surface area contributed by atoms with E-state index in [0.29, 0.717) is 46.5 Å². The molecule has 3 saturated carbocycles. The maximum Gasteiger partial charge on any atom is 0.257 e. The fraction of sp³-hybridized carbons (Fsp3) is 0.533. The fourth-order valence-electron chi connectivity index (χ4n) is 9.28. The van der Waals surface area contributed by atoms with Crippen molar-refractivity contribution in [2.24, 2.45) is 23.7 Å². The van der Waals surface area contributed by atoms with E-state index in [1.54, 1.807) is 30.0 Å². The van der Waals surface area contributed by atoms with Gasteiger partial charge in [-0.3, -0.25) is 23.9 Å². The molecule has 4 aromatic rings. The van der Waals surface area contributed by atoms with Gasteiger partial charge >= 0.3 is 0 Å². The van der Waals surface area contributed by atoms with Gasteiger partial charge in [0.1, 0.15) is 5.75 Å². The highest BCUT2D eigenvalue weighted by atomic mass is 16.5. The number of ether oxygens (including phenoxy) is 1. The van der Waals surface area contributed by atoms with E-state index in [2.05, 4.69) is 42.9 Å². The first-order valence-corrected chi connectivity index (χ1v) is 21.3. The van der Waals surface area contributed by atoms with Gasteiger partial charge in [0.05, 0.1) is 18.5 Å². The number of anilines is 4. The van der Waals surface area contributed by atoms with Crippen molar-refractivity contribution in [2.45, 2.75) is 84.0 Å². The number of hydrogen-bond donors (Lipinski definition) is 3. The molecule has 302 valence electrons. The molecule has 57 heavy (non-hydrogen) atoms. The van der Waals surface area contributed by atoms with Gasteiger partial charge in [0.15, 0.2) is 5.65 Å². The third kappa shape index (κ3) is 9.27. The summed E-state index contributed by atoms with van der Waals surface area (Å²) in [6.45, 7) is 7.84. The van der Waals surface area contributed by atoms with Crippen molar-refractivity contribution in [1.29, 1.82) is 0 Å². The van der Waals surface area contributed by atoms with Crippen LogP contribution in [0, 0.1) is 30.6 Å². The largest absolute Gasteiger partial charge is 0.494 e. The van der Waals surface area contributed by atoms with Crippen molar-refractivity contribution < 1.29 is 14.3 Å². The molecule has 0 spiro atoms. The lowest BCUT2D eigenvalue weighted by Gasteiger charge is -2.36. The van der Waals surface area contributed by atoms with Crippen LogP contribution in [0.3, 0.4) is 0 Å². The van der Waals surface area contributed by atoms with Crippen LogP contribution < -0.4 is 31.1 Å². The van der Waals surface area contributed by atoms with Crippen LogP contribution in [0.25, 0.3) is 16.7 Å². The summed E-state index contributed by atoms with van der Waals surface area (Å²) in [5.74, 6) is 3.22. The number of carbonyl (C=O) groups is 2. The molecule has 1 saturated heterocycles. The summed E-state index contributed by atoms with van der Waals surface area (Å²) in [4.78, 5) is 52.8. The van der Waals surface area contributed by atoms with Crippen LogP contribution in [0.4, 0.5) is 23.0 Å². The first-order chi connectivity index (χ1) is 27.8. The fourth-order valence-corrected chi connectivity index (χ4v) is 9.28. The summed E-state index contributed by atoms with van der Waals surface area (Å²) < 4.78 is 7.40. The zero-order valence-electron chi connectivity index (χ0n) is 33.6. The molecular formula is C45H58N8O4. The standard InChI is InChI=1S/C45H58N8O4/c1-30-24-41(54)53(36-11-9-10-34(27-36)48-43(55)32-14-15-32)42-38(30)29-47-45(50-42)49-39-17-16-35(28-40(39)57-2)52-22-20-51(21-23-52)19-8-6-4-3-5-7-18-46-44(56)37-26-31-12-13-33(37)25-31/h9-11,16-17,24,27-29,31-33,37H,3-8,12-15,18-23,25-26H2,1-2H3,(H,46,56)(H,48,55)(H,47,49,50)/t31-,33+,37?/m0/s1. The van der Waals surface area contributed by atoms with Crippen LogP contribution in [0.2, 0.25) is 0 Å². The molecule has 4 aliphatic rings. The molecule has 2 bridgehead atoms. The molecule has 3 aliphatic carbocycles. The van der Waals surface area contributed by atoms with Crippen molar-refractivity contribution >= 4 is 45.9 Å². The van der Waals surface area contributed by atoms with Gasteiger partial charge in [-0.1, -0.05) is 38.2 Å². The van der Waals surface area contributed by atoms with Gasteiger partial charge in [0.25, 0.3) is 5.56 Å². The van der Waals surface area contributed by atoms with Crippen LogP contribution in [0.5, 0.6) is 5.75 Å². The van der Waals surface area contributed by atoms with Gasteiger partial charge < -0.3 is 25.6 Å². The minimum Gasteiger partial charge on any atom is -0.494 e. The number of rotatable bonds is 17. The quantitative estimate of drug-likeness (QED) is 0.0953. The van der Waals surface area contributed by atoms with Gasteiger partial charge in [-0.05, 0) is 106 Å². The number of aryl methyl sites for hydroxylation is 1. The van der Waals surface area contributed by atoms with Gasteiger partial charge in [-0.25, -0.2) is 4.98 Å². The van der Waals surface area contributed by atoms with Crippen molar-refractivity contribution in [1.82, 2.24) is 24.8 Å². The zero-order chi connectivity index (χ0) is 39.3. The van der Waals surface area contributed by atoms with Crippen LogP contribution >= 0.6 is 0 Å². The van der Waals surface area contributed by atoms with Gasteiger partial charge in [-0.2, -0.15) is 4.98 Å². The number of aromatic nitrogens is 3. The SMILES string of the molecule is COc1cc(N2CCN(CCCCCCCCNC(=O)C3C[C@H]4CC[C@@H]3C4)CC2)ccc1Nc1ncc2c(C)cc(=O)n(-c3cccc(NC(=O)C4CC4)c3)c2n1. The second-order valence-electron chi connectivity index (χ2n) is 16.8. The van der Waals surface area contributed by atoms with Gasteiger partial charge in [0, 0.05) is 79.7 Å². The molecule has 12 heteroatoms. The van der Waals surface area contributed by atoms with E-state index in [-0.39, 0.29) is 17.4 Å². The summed E-state index contributed by atoms with van der Waals surface area (Å²) in [7, 11) is 1.66. The van der Waals surface area contributed by atoms with Crippen LogP contribution in [0.1, 0.15) is 82.6 Å². The highest BCUT2D eigenvalue weighted by Gasteiger charge is 2.42. The average molecular weight is 775 g/mol. The van der Waals surface area contributed by atoms with E-state index < -0.39 is 0 Å². The number of nitrogens with one attached hydrogen (secondary N) is 3. The number of amides is 2. The van der Waals surface area contributed by atoms with Crippen LogP contribution in [0.15, 0.2) is 59.5 Å². The van der Waals surface area contributed by atoms with Gasteiger partial charge in [-0.15, -0.1) is 0 Å². The Hall–Kier alpha value is -4.97. The van der Waals surface area contributed by atoms with E-state index in [1.807, 2.05) is 31.2 Å². The number of hydrogen-bond acceptors (Lipinski definition) is 9. The lowest BCUT2D eigenvalue weighted by atomic mass is 9.88. The molecule has 2 aromatic heterocycles. The minimum absolute atomic E-state index is 0.0115. The summed E-state index contributed by atoms with van der Waals surface area (Å²) in [6, 6.07) is 15.1. The normalized spacial score (nSPS) is 20.5. The molecule has 2 amide bonds. The summed E-state index contributed by atoms with van der Waals surface area (Å²) in [5, 5.41) is 10.3. The number of fused-ring (bicyclic) bond motifs is 3. The van der Waals surface area contributed by atoms with E-state index in [0.717, 1.165) is 93.2 Å². The monoisotopic (exact) mass is 774 g/mol. The topological polar surface area (TPSA) is 134 Å². The smallest absolute Gasteiger partial charge is 0.257 e. The average Bonchev–Trinajstić information content (AvgIpc) is 3.86. The minimum atomic E-state index is -0.216. The lowest BCUT2D eigenvalue weighted by molar-refractivity contribution is -0.126. The summed E-state index contributed by atoms with van der Waals surface area (Å²) in [6.07, 6.45) is 15.9. The number of unbranched alkanes of at least 4 members (excludes halogenated alkanes) is 5. The molecule has 8 rings (SSSR count). The number of piperazine rings is 1. The molecule has 0 radical (unpaired) electrons. The number of benzene rings is 2. The highest BCUT2D eigenvalue weighted by molar-refractivity contribution is 5.94.